The fraction of sp³-hybridized carbons (Fsp3) is 0.300. The number of aliphatic hydroxyl groups is 2. The molecule has 0 saturated heterocycles. The van der Waals surface area contributed by atoms with Crippen LogP contribution in [0.2, 0.25) is 0 Å². The van der Waals surface area contributed by atoms with Crippen LogP contribution in [-0.2, 0) is 0 Å². The van der Waals surface area contributed by atoms with Crippen molar-refractivity contribution < 1.29 is 10.2 Å². The van der Waals surface area contributed by atoms with E-state index in [9.17, 15) is 5.11 Å². The third kappa shape index (κ3) is 2.41. The van der Waals surface area contributed by atoms with Crippen LogP contribution < -0.4 is 5.32 Å². The largest absolute Gasteiger partial charge is 0.394 e. The maximum absolute atomic E-state index is 9.19. The second kappa shape index (κ2) is 4.65. The molecule has 5 nitrogen and oxygen atoms in total. The zero-order chi connectivity index (χ0) is 11.5. The van der Waals surface area contributed by atoms with E-state index in [1.54, 1.807) is 0 Å². The summed E-state index contributed by atoms with van der Waals surface area (Å²) >= 11 is 4.98. The van der Waals surface area contributed by atoms with Crippen molar-refractivity contribution in [2.24, 2.45) is 0 Å². The monoisotopic (exact) mass is 239 g/mol. The van der Waals surface area contributed by atoms with Crippen molar-refractivity contribution in [3.8, 4) is 0 Å². The van der Waals surface area contributed by atoms with Crippen LogP contribution in [0, 0.1) is 4.77 Å². The highest BCUT2D eigenvalue weighted by Crippen LogP contribution is 2.15. The summed E-state index contributed by atoms with van der Waals surface area (Å²) in [7, 11) is 0. The fourth-order valence-corrected chi connectivity index (χ4v) is 1.66. The molecule has 16 heavy (non-hydrogen) atoms. The average molecular weight is 239 g/mol. The number of imidazole rings is 1. The maximum Gasteiger partial charge on any atom is 0.175 e. The molecular formula is C10H13N3O2S. The van der Waals surface area contributed by atoms with Crippen LogP contribution >= 0.6 is 12.2 Å². The van der Waals surface area contributed by atoms with Crippen LogP contribution in [0.1, 0.15) is 0 Å². The summed E-state index contributed by atoms with van der Waals surface area (Å²) < 4.78 is 0.586. The van der Waals surface area contributed by atoms with Gasteiger partial charge in [0.25, 0.3) is 0 Å². The first kappa shape index (κ1) is 11.1. The molecule has 2 rings (SSSR count). The fourth-order valence-electron chi connectivity index (χ4n) is 1.44. The van der Waals surface area contributed by atoms with Gasteiger partial charge >= 0.3 is 0 Å². The van der Waals surface area contributed by atoms with Gasteiger partial charge in [-0.15, -0.1) is 0 Å². The Morgan fingerprint density at radius 2 is 2.06 bits per heavy atom. The van der Waals surface area contributed by atoms with Gasteiger partial charge in [-0.3, -0.25) is 0 Å². The molecule has 0 amide bonds. The third-order valence-corrected chi connectivity index (χ3v) is 2.47. The topological polar surface area (TPSA) is 84.1 Å². The van der Waals surface area contributed by atoms with E-state index in [1.807, 2.05) is 18.2 Å². The Balaban J connectivity index is 2.16. The number of rotatable bonds is 4. The third-order valence-electron chi connectivity index (χ3n) is 2.27. The van der Waals surface area contributed by atoms with Crippen LogP contribution in [0.3, 0.4) is 0 Å². The molecule has 86 valence electrons. The lowest BCUT2D eigenvalue weighted by molar-refractivity contribution is 0.105. The smallest absolute Gasteiger partial charge is 0.175 e. The quantitative estimate of drug-likeness (QED) is 0.515. The molecule has 1 atom stereocenters. The molecule has 1 heterocycles. The Morgan fingerprint density at radius 1 is 1.31 bits per heavy atom. The summed E-state index contributed by atoms with van der Waals surface area (Å²) in [6.45, 7) is 0.0645. The van der Waals surface area contributed by atoms with Crippen molar-refractivity contribution in [1.82, 2.24) is 9.97 Å². The maximum atomic E-state index is 9.19. The standard InChI is InChI=1S/C10H13N3O2S/c14-5-7(15)4-11-6-1-2-8-9(3-6)13-10(16)12-8/h1-3,7,11,14-15H,4-5H2,(H2,12,13,16). The molecule has 0 aliphatic rings. The molecule has 6 heteroatoms. The Labute approximate surface area is 97.1 Å². The van der Waals surface area contributed by atoms with Crippen LogP contribution in [0.5, 0.6) is 0 Å². The van der Waals surface area contributed by atoms with Crippen LogP contribution in [0.15, 0.2) is 18.2 Å². The van der Waals surface area contributed by atoms with Gasteiger partial charge in [-0.25, -0.2) is 0 Å². The minimum Gasteiger partial charge on any atom is -0.394 e. The number of hydrogen-bond acceptors (Lipinski definition) is 4. The number of nitrogens with one attached hydrogen (secondary N) is 3. The average Bonchev–Trinajstić information content (AvgIpc) is 2.65. The van der Waals surface area contributed by atoms with Crippen LogP contribution in [-0.4, -0.2) is 39.4 Å². The second-order valence-corrected chi connectivity index (χ2v) is 3.97. The molecule has 0 aliphatic heterocycles. The first-order chi connectivity index (χ1) is 7.69. The van der Waals surface area contributed by atoms with E-state index >= 15 is 0 Å². The van der Waals surface area contributed by atoms with Gasteiger partial charge in [0.15, 0.2) is 4.77 Å². The van der Waals surface area contributed by atoms with Crippen LogP contribution in [0.4, 0.5) is 5.69 Å². The van der Waals surface area contributed by atoms with E-state index < -0.39 is 6.10 Å². The first-order valence-electron chi connectivity index (χ1n) is 4.94. The summed E-state index contributed by atoms with van der Waals surface area (Å²) in [6.07, 6.45) is -0.750. The number of fused-ring (bicyclic) bond motifs is 1. The highest BCUT2D eigenvalue weighted by molar-refractivity contribution is 7.71. The molecule has 1 aromatic heterocycles. The van der Waals surface area contributed by atoms with Gasteiger partial charge in [-0.2, -0.15) is 0 Å². The predicted octanol–water partition coefficient (Wildman–Crippen LogP) is 0.991. The van der Waals surface area contributed by atoms with Crippen molar-refractivity contribution in [1.29, 1.82) is 0 Å². The number of benzene rings is 1. The van der Waals surface area contributed by atoms with Gasteiger partial charge in [0, 0.05) is 12.2 Å². The van der Waals surface area contributed by atoms with Crippen LogP contribution in [0.25, 0.3) is 11.0 Å². The predicted molar refractivity (Wildman–Crippen MR) is 65.1 cm³/mol. The zero-order valence-electron chi connectivity index (χ0n) is 8.53. The zero-order valence-corrected chi connectivity index (χ0v) is 9.34. The molecule has 5 N–H and O–H groups in total. The molecule has 0 fully saturated rings. The normalized spacial score (nSPS) is 12.9. The summed E-state index contributed by atoms with van der Waals surface area (Å²) in [5.41, 5.74) is 2.72. The van der Waals surface area contributed by atoms with Crippen molar-refractivity contribution in [3.63, 3.8) is 0 Å². The lowest BCUT2D eigenvalue weighted by Gasteiger charge is -2.09. The Morgan fingerprint density at radius 3 is 2.81 bits per heavy atom. The Hall–Kier alpha value is -1.37. The minimum atomic E-state index is -0.750. The van der Waals surface area contributed by atoms with E-state index in [1.165, 1.54) is 0 Å². The Kier molecular flexibility index (Phi) is 3.23. The number of aliphatic hydroxyl groups excluding tert-OH is 2. The molecule has 0 spiro atoms. The summed E-state index contributed by atoms with van der Waals surface area (Å²) in [6, 6.07) is 5.67. The van der Waals surface area contributed by atoms with Crippen molar-refractivity contribution in [2.45, 2.75) is 6.10 Å². The highest BCUT2D eigenvalue weighted by Gasteiger charge is 2.02. The van der Waals surface area contributed by atoms with Gasteiger partial charge in [0.1, 0.15) is 0 Å². The molecular weight excluding hydrogens is 226 g/mol. The van der Waals surface area contributed by atoms with Gasteiger partial charge in [-0.1, -0.05) is 0 Å². The van der Waals surface area contributed by atoms with E-state index in [0.29, 0.717) is 11.3 Å². The molecule has 0 radical (unpaired) electrons. The SMILES string of the molecule is OCC(O)CNc1ccc2[nH]c(=S)[nH]c2c1. The van der Waals surface area contributed by atoms with Crippen molar-refractivity contribution >= 4 is 28.9 Å². The molecule has 0 saturated carbocycles. The lowest BCUT2D eigenvalue weighted by Crippen LogP contribution is -2.22. The van der Waals surface area contributed by atoms with Gasteiger partial charge < -0.3 is 25.5 Å². The van der Waals surface area contributed by atoms with Crippen molar-refractivity contribution in [3.05, 3.63) is 23.0 Å². The number of anilines is 1. The first-order valence-corrected chi connectivity index (χ1v) is 5.34. The summed E-state index contributed by atoms with van der Waals surface area (Å²) in [4.78, 5) is 6.01. The highest BCUT2D eigenvalue weighted by atomic mass is 32.1. The van der Waals surface area contributed by atoms with Crippen molar-refractivity contribution in [2.75, 3.05) is 18.5 Å². The lowest BCUT2D eigenvalue weighted by atomic mass is 10.2. The van der Waals surface area contributed by atoms with Gasteiger partial charge in [0.05, 0.1) is 23.7 Å². The molecule has 2 aromatic rings. The van der Waals surface area contributed by atoms with E-state index in [2.05, 4.69) is 15.3 Å². The summed E-state index contributed by atoms with van der Waals surface area (Å²) in [5.74, 6) is 0. The van der Waals surface area contributed by atoms with Gasteiger partial charge in [0.2, 0.25) is 0 Å². The number of aromatic amines is 2. The van der Waals surface area contributed by atoms with E-state index in [0.717, 1.165) is 16.7 Å². The number of aromatic nitrogens is 2. The molecule has 1 unspecified atom stereocenters. The number of H-pyrrole nitrogens is 2. The number of hydrogen-bond donors (Lipinski definition) is 5. The molecule has 0 bridgehead atoms. The molecule has 1 aromatic carbocycles. The van der Waals surface area contributed by atoms with E-state index in [-0.39, 0.29) is 6.61 Å². The van der Waals surface area contributed by atoms with E-state index in [4.69, 9.17) is 17.3 Å². The summed E-state index contributed by atoms with van der Waals surface area (Å²) in [5, 5.41) is 20.9. The molecule has 0 aliphatic carbocycles. The second-order valence-electron chi connectivity index (χ2n) is 3.56. The van der Waals surface area contributed by atoms with Gasteiger partial charge in [-0.05, 0) is 30.4 Å². The minimum absolute atomic E-state index is 0.248. The Bertz CT molecular complexity index is 534.